The molecule has 5 heteroatoms. The van der Waals surface area contributed by atoms with E-state index in [1.54, 1.807) is 25.7 Å². The fourth-order valence-electron chi connectivity index (χ4n) is 2.32. The summed E-state index contributed by atoms with van der Waals surface area (Å²) in [6, 6.07) is 13.2. The lowest BCUT2D eigenvalue weighted by molar-refractivity contribution is 0.415. The quantitative estimate of drug-likeness (QED) is 0.525. The first-order valence-corrected chi connectivity index (χ1v) is 7.65. The molecule has 0 spiro atoms. The Kier molecular flexibility index (Phi) is 3.85. The molecule has 120 valence electrons. The maximum atomic E-state index is 5.67. The minimum absolute atomic E-state index is 0.480. The largest absolute Gasteiger partial charge is 0.497 e. The van der Waals surface area contributed by atoms with Crippen molar-refractivity contribution < 1.29 is 9.15 Å². The zero-order valence-corrected chi connectivity index (χ0v) is 13.4. The average Bonchev–Trinajstić information content (AvgIpc) is 3.11. The Morgan fingerprint density at radius 3 is 2.60 bits per heavy atom. The van der Waals surface area contributed by atoms with Gasteiger partial charge in [-0.2, -0.15) is 0 Å². The molecule has 4 rings (SSSR count). The van der Waals surface area contributed by atoms with Gasteiger partial charge in [0.2, 0.25) is 11.6 Å². The number of fused-ring (bicyclic) bond motifs is 1. The molecule has 0 N–H and O–H groups in total. The summed E-state index contributed by atoms with van der Waals surface area (Å²) in [6.45, 7) is 0. The van der Waals surface area contributed by atoms with Crippen molar-refractivity contribution in [3.05, 3.63) is 72.2 Å². The van der Waals surface area contributed by atoms with Gasteiger partial charge in [-0.3, -0.25) is 4.98 Å². The van der Waals surface area contributed by atoms with Gasteiger partial charge in [-0.05, 0) is 42.5 Å². The van der Waals surface area contributed by atoms with E-state index in [2.05, 4.69) is 26.8 Å². The number of methoxy groups -OCH3 is 1. The molecule has 25 heavy (non-hydrogen) atoms. The minimum atomic E-state index is 0.480. The molecule has 0 fully saturated rings. The second-order valence-corrected chi connectivity index (χ2v) is 5.29. The minimum Gasteiger partial charge on any atom is -0.497 e. The first-order valence-electron chi connectivity index (χ1n) is 7.65. The number of nitrogens with zero attached hydrogens (tertiary/aromatic N) is 3. The monoisotopic (exact) mass is 327 g/mol. The second-order valence-electron chi connectivity index (χ2n) is 5.29. The van der Waals surface area contributed by atoms with Crippen molar-refractivity contribution in [3.8, 4) is 29.0 Å². The molecule has 1 aromatic carbocycles. The highest BCUT2D eigenvalue weighted by Gasteiger charge is 2.09. The molecule has 3 heterocycles. The van der Waals surface area contributed by atoms with Crippen molar-refractivity contribution in [1.82, 2.24) is 15.0 Å². The summed E-state index contributed by atoms with van der Waals surface area (Å²) in [5, 5.41) is 0. The summed E-state index contributed by atoms with van der Waals surface area (Å²) in [6.07, 6.45) is 5.09. The molecule has 4 aromatic rings. The Morgan fingerprint density at radius 2 is 1.84 bits per heavy atom. The zero-order chi connectivity index (χ0) is 17.1. The molecule has 0 aliphatic carbocycles. The Labute approximate surface area is 144 Å². The SMILES string of the molecule is COc1ccc(C#Cc2cnc3oc(-c4cccnc4)nc3c2)cc1. The lowest BCUT2D eigenvalue weighted by atomic mass is 10.2. The molecule has 0 unspecified atom stereocenters. The number of ether oxygens (including phenoxy) is 1. The predicted octanol–water partition coefficient (Wildman–Crippen LogP) is 3.69. The maximum absolute atomic E-state index is 5.67. The van der Waals surface area contributed by atoms with Crippen LogP contribution >= 0.6 is 0 Å². The Morgan fingerprint density at radius 1 is 1.00 bits per heavy atom. The first kappa shape index (κ1) is 14.9. The molecular weight excluding hydrogens is 314 g/mol. The van der Waals surface area contributed by atoms with Crippen molar-refractivity contribution >= 4 is 11.2 Å². The maximum Gasteiger partial charge on any atom is 0.247 e. The van der Waals surface area contributed by atoms with E-state index in [1.807, 2.05) is 42.5 Å². The number of hydrogen-bond donors (Lipinski definition) is 0. The number of aromatic nitrogens is 3. The zero-order valence-electron chi connectivity index (χ0n) is 13.4. The third-order valence-corrected chi connectivity index (χ3v) is 3.60. The molecule has 3 aromatic heterocycles. The van der Waals surface area contributed by atoms with Gasteiger partial charge in [0.15, 0.2) is 0 Å². The number of rotatable bonds is 2. The highest BCUT2D eigenvalue weighted by atomic mass is 16.5. The van der Waals surface area contributed by atoms with Crippen LogP contribution in [-0.4, -0.2) is 22.1 Å². The summed E-state index contributed by atoms with van der Waals surface area (Å²) in [4.78, 5) is 12.8. The smallest absolute Gasteiger partial charge is 0.247 e. The van der Waals surface area contributed by atoms with Crippen LogP contribution in [0, 0.1) is 11.8 Å². The van der Waals surface area contributed by atoms with E-state index < -0.39 is 0 Å². The van der Waals surface area contributed by atoms with E-state index in [1.165, 1.54) is 0 Å². The van der Waals surface area contributed by atoms with Crippen LogP contribution < -0.4 is 4.74 Å². The van der Waals surface area contributed by atoms with Gasteiger partial charge in [0.1, 0.15) is 11.3 Å². The molecule has 0 atom stereocenters. The van der Waals surface area contributed by atoms with Gasteiger partial charge in [-0.25, -0.2) is 9.97 Å². The van der Waals surface area contributed by atoms with Crippen molar-refractivity contribution in [1.29, 1.82) is 0 Å². The molecule has 0 amide bonds. The molecule has 0 saturated heterocycles. The third-order valence-electron chi connectivity index (χ3n) is 3.60. The highest BCUT2D eigenvalue weighted by molar-refractivity contribution is 5.73. The third kappa shape index (κ3) is 3.19. The average molecular weight is 327 g/mol. The topological polar surface area (TPSA) is 61.0 Å². The van der Waals surface area contributed by atoms with Gasteiger partial charge < -0.3 is 9.15 Å². The highest BCUT2D eigenvalue weighted by Crippen LogP contribution is 2.22. The van der Waals surface area contributed by atoms with Crippen LogP contribution in [0.2, 0.25) is 0 Å². The molecule has 0 radical (unpaired) electrons. The van der Waals surface area contributed by atoms with Crippen LogP contribution in [0.4, 0.5) is 0 Å². The lowest BCUT2D eigenvalue weighted by Gasteiger charge is -1.97. The summed E-state index contributed by atoms with van der Waals surface area (Å²) in [7, 11) is 1.64. The molecule has 0 aliphatic rings. The standard InChI is InChI=1S/C20H13N3O2/c1-24-17-8-6-14(7-9-17)4-5-15-11-18-20(22-12-15)25-19(23-18)16-3-2-10-21-13-16/h2-3,6-13H,1H3. The van der Waals surface area contributed by atoms with Crippen molar-refractivity contribution in [2.75, 3.05) is 7.11 Å². The number of benzene rings is 1. The summed E-state index contributed by atoms with van der Waals surface area (Å²) < 4.78 is 10.8. The van der Waals surface area contributed by atoms with Crippen LogP contribution in [0.1, 0.15) is 11.1 Å². The molecule has 0 aliphatic heterocycles. The van der Waals surface area contributed by atoms with Crippen LogP contribution in [0.25, 0.3) is 22.7 Å². The van der Waals surface area contributed by atoms with E-state index in [0.29, 0.717) is 17.1 Å². The van der Waals surface area contributed by atoms with Crippen LogP contribution in [0.15, 0.2) is 65.5 Å². The van der Waals surface area contributed by atoms with Crippen molar-refractivity contribution in [2.45, 2.75) is 0 Å². The number of hydrogen-bond acceptors (Lipinski definition) is 5. The number of pyridine rings is 2. The van der Waals surface area contributed by atoms with Crippen LogP contribution in [0.3, 0.4) is 0 Å². The Hall–Kier alpha value is -3.65. The van der Waals surface area contributed by atoms with Crippen molar-refractivity contribution in [3.63, 3.8) is 0 Å². The fourth-order valence-corrected chi connectivity index (χ4v) is 2.32. The summed E-state index contributed by atoms with van der Waals surface area (Å²) >= 11 is 0. The van der Waals surface area contributed by atoms with Gasteiger partial charge >= 0.3 is 0 Å². The predicted molar refractivity (Wildman–Crippen MR) is 94.0 cm³/mol. The van der Waals surface area contributed by atoms with Gasteiger partial charge in [-0.1, -0.05) is 11.8 Å². The van der Waals surface area contributed by atoms with Gasteiger partial charge in [0.05, 0.1) is 12.7 Å². The van der Waals surface area contributed by atoms with Gasteiger partial charge in [0, 0.05) is 29.7 Å². The summed E-state index contributed by atoms with van der Waals surface area (Å²) in [5.74, 6) is 7.49. The lowest BCUT2D eigenvalue weighted by Crippen LogP contribution is -1.83. The molecule has 0 bridgehead atoms. The molecular formula is C20H13N3O2. The van der Waals surface area contributed by atoms with Gasteiger partial charge in [0.25, 0.3) is 0 Å². The molecule has 5 nitrogen and oxygen atoms in total. The van der Waals surface area contributed by atoms with Gasteiger partial charge in [-0.15, -0.1) is 0 Å². The van der Waals surface area contributed by atoms with E-state index in [-0.39, 0.29) is 0 Å². The number of oxazole rings is 1. The normalized spacial score (nSPS) is 10.3. The van der Waals surface area contributed by atoms with E-state index in [4.69, 9.17) is 9.15 Å². The van der Waals surface area contributed by atoms with E-state index in [9.17, 15) is 0 Å². The van der Waals surface area contributed by atoms with E-state index in [0.717, 1.165) is 22.4 Å². The van der Waals surface area contributed by atoms with E-state index >= 15 is 0 Å². The van der Waals surface area contributed by atoms with Crippen LogP contribution in [-0.2, 0) is 0 Å². The fraction of sp³-hybridized carbons (Fsp3) is 0.0500. The summed E-state index contributed by atoms with van der Waals surface area (Å²) in [5.41, 5.74) is 3.63. The second kappa shape index (κ2) is 6.46. The van der Waals surface area contributed by atoms with Crippen LogP contribution in [0.5, 0.6) is 5.75 Å². The Balaban J connectivity index is 1.64. The Bertz CT molecular complexity index is 1070. The molecule has 0 saturated carbocycles. The first-order chi connectivity index (χ1) is 12.3. The van der Waals surface area contributed by atoms with Crippen molar-refractivity contribution in [2.24, 2.45) is 0 Å².